The highest BCUT2D eigenvalue weighted by molar-refractivity contribution is 7.99. The molecule has 0 radical (unpaired) electrons. The Labute approximate surface area is 128 Å². The standard InChI is InChI=1S/C15H17ClN2OS/c1-8-9(2)17-15(18-10(8)3)20-14-6-5-12(11(4)19)7-13(14)16/h5-7,11,19H,1-4H3. The Morgan fingerprint density at radius 2 is 1.75 bits per heavy atom. The zero-order valence-electron chi connectivity index (χ0n) is 11.9. The van der Waals surface area contributed by atoms with Crippen LogP contribution in [0.1, 0.15) is 35.5 Å². The molecule has 0 aliphatic carbocycles. The quantitative estimate of drug-likeness (QED) is 0.861. The minimum Gasteiger partial charge on any atom is -0.389 e. The van der Waals surface area contributed by atoms with Gasteiger partial charge in [0, 0.05) is 16.3 Å². The van der Waals surface area contributed by atoms with Crippen LogP contribution >= 0.6 is 23.4 Å². The van der Waals surface area contributed by atoms with E-state index in [0.29, 0.717) is 10.2 Å². The van der Waals surface area contributed by atoms with Crippen molar-refractivity contribution in [2.24, 2.45) is 0 Å². The van der Waals surface area contributed by atoms with Crippen LogP contribution in [0.15, 0.2) is 28.3 Å². The van der Waals surface area contributed by atoms with E-state index in [1.54, 1.807) is 13.0 Å². The fourth-order valence-corrected chi connectivity index (χ4v) is 2.90. The highest BCUT2D eigenvalue weighted by Gasteiger charge is 2.10. The van der Waals surface area contributed by atoms with Crippen molar-refractivity contribution in [1.82, 2.24) is 9.97 Å². The summed E-state index contributed by atoms with van der Waals surface area (Å²) in [4.78, 5) is 9.83. The van der Waals surface area contributed by atoms with Crippen LogP contribution in [0, 0.1) is 20.8 Å². The van der Waals surface area contributed by atoms with E-state index in [1.165, 1.54) is 11.8 Å². The molecule has 2 rings (SSSR count). The molecular formula is C15H17ClN2OS. The van der Waals surface area contributed by atoms with Crippen molar-refractivity contribution in [3.63, 3.8) is 0 Å². The molecule has 2 aromatic rings. The maximum absolute atomic E-state index is 9.54. The summed E-state index contributed by atoms with van der Waals surface area (Å²) in [5.41, 5.74) is 3.88. The highest BCUT2D eigenvalue weighted by Crippen LogP contribution is 2.33. The molecule has 0 aliphatic rings. The maximum atomic E-state index is 9.54. The highest BCUT2D eigenvalue weighted by atomic mass is 35.5. The van der Waals surface area contributed by atoms with Gasteiger partial charge in [-0.15, -0.1) is 0 Å². The van der Waals surface area contributed by atoms with Gasteiger partial charge in [0.2, 0.25) is 0 Å². The third kappa shape index (κ3) is 3.32. The van der Waals surface area contributed by atoms with Crippen LogP contribution in [-0.4, -0.2) is 15.1 Å². The molecule has 1 aromatic carbocycles. The first-order valence-corrected chi connectivity index (χ1v) is 7.55. The number of rotatable bonds is 3. The third-order valence-corrected chi connectivity index (χ3v) is 4.62. The average Bonchev–Trinajstić information content (AvgIpc) is 2.38. The summed E-state index contributed by atoms with van der Waals surface area (Å²) in [7, 11) is 0. The smallest absolute Gasteiger partial charge is 0.192 e. The Balaban J connectivity index is 2.31. The second-order valence-electron chi connectivity index (χ2n) is 4.77. The first-order chi connectivity index (χ1) is 9.38. The minimum atomic E-state index is -0.522. The number of nitrogens with zero attached hydrogens (tertiary/aromatic N) is 2. The Kier molecular flexibility index (Phi) is 4.68. The van der Waals surface area contributed by atoms with Gasteiger partial charge in [-0.2, -0.15) is 0 Å². The predicted octanol–water partition coefficient (Wildman–Crippen LogP) is 4.26. The summed E-state index contributed by atoms with van der Waals surface area (Å²) in [5, 5.41) is 10.8. The molecule has 1 aromatic heterocycles. The minimum absolute atomic E-state index is 0.522. The van der Waals surface area contributed by atoms with Crippen molar-refractivity contribution >= 4 is 23.4 Å². The zero-order valence-corrected chi connectivity index (χ0v) is 13.5. The maximum Gasteiger partial charge on any atom is 0.192 e. The number of benzene rings is 1. The van der Waals surface area contributed by atoms with Gasteiger partial charge < -0.3 is 5.11 Å². The van der Waals surface area contributed by atoms with Crippen LogP contribution in [0.4, 0.5) is 0 Å². The van der Waals surface area contributed by atoms with E-state index in [4.69, 9.17) is 11.6 Å². The summed E-state index contributed by atoms with van der Waals surface area (Å²) >= 11 is 7.68. The monoisotopic (exact) mass is 308 g/mol. The Morgan fingerprint density at radius 1 is 1.15 bits per heavy atom. The molecule has 106 valence electrons. The van der Waals surface area contributed by atoms with Gasteiger partial charge in [0.05, 0.1) is 11.1 Å². The molecule has 0 fully saturated rings. The van der Waals surface area contributed by atoms with Crippen LogP contribution in [-0.2, 0) is 0 Å². The van der Waals surface area contributed by atoms with Gasteiger partial charge in [-0.05, 0) is 62.7 Å². The summed E-state index contributed by atoms with van der Waals surface area (Å²) in [5.74, 6) is 0. The van der Waals surface area contributed by atoms with Crippen molar-refractivity contribution in [2.75, 3.05) is 0 Å². The Morgan fingerprint density at radius 3 is 2.25 bits per heavy atom. The van der Waals surface area contributed by atoms with E-state index in [-0.39, 0.29) is 0 Å². The summed E-state index contributed by atoms with van der Waals surface area (Å²) in [6, 6.07) is 5.54. The van der Waals surface area contributed by atoms with Gasteiger partial charge in [-0.3, -0.25) is 0 Å². The van der Waals surface area contributed by atoms with E-state index in [0.717, 1.165) is 27.4 Å². The lowest BCUT2D eigenvalue weighted by Crippen LogP contribution is -1.98. The SMILES string of the molecule is Cc1nc(Sc2ccc(C(C)O)cc2Cl)nc(C)c1C. The molecule has 5 heteroatoms. The molecule has 3 nitrogen and oxygen atoms in total. The van der Waals surface area contributed by atoms with Crippen LogP contribution < -0.4 is 0 Å². The van der Waals surface area contributed by atoms with Crippen molar-refractivity contribution in [2.45, 2.75) is 43.9 Å². The van der Waals surface area contributed by atoms with Crippen LogP contribution in [0.3, 0.4) is 0 Å². The number of aryl methyl sites for hydroxylation is 2. The number of aliphatic hydroxyl groups excluding tert-OH is 1. The van der Waals surface area contributed by atoms with E-state index in [2.05, 4.69) is 9.97 Å². The fraction of sp³-hybridized carbons (Fsp3) is 0.333. The second kappa shape index (κ2) is 6.12. The number of hydrogen-bond donors (Lipinski definition) is 1. The van der Waals surface area contributed by atoms with Crippen LogP contribution in [0.2, 0.25) is 5.02 Å². The van der Waals surface area contributed by atoms with Gasteiger partial charge in [-0.1, -0.05) is 17.7 Å². The van der Waals surface area contributed by atoms with Gasteiger partial charge in [0.25, 0.3) is 0 Å². The first kappa shape index (κ1) is 15.3. The summed E-state index contributed by atoms with van der Waals surface area (Å²) in [6.07, 6.45) is -0.522. The average molecular weight is 309 g/mol. The lowest BCUT2D eigenvalue weighted by molar-refractivity contribution is 0.199. The lowest BCUT2D eigenvalue weighted by atomic mass is 10.1. The number of aliphatic hydroxyl groups is 1. The Bertz CT molecular complexity index is 621. The third-order valence-electron chi connectivity index (χ3n) is 3.25. The van der Waals surface area contributed by atoms with E-state index in [9.17, 15) is 5.11 Å². The van der Waals surface area contributed by atoms with E-state index < -0.39 is 6.10 Å². The molecule has 1 heterocycles. The lowest BCUT2D eigenvalue weighted by Gasteiger charge is -2.10. The van der Waals surface area contributed by atoms with Crippen molar-refractivity contribution in [3.05, 3.63) is 45.7 Å². The molecule has 1 unspecified atom stereocenters. The van der Waals surface area contributed by atoms with Crippen molar-refractivity contribution in [1.29, 1.82) is 0 Å². The number of aromatic nitrogens is 2. The van der Waals surface area contributed by atoms with Crippen LogP contribution in [0.25, 0.3) is 0 Å². The molecule has 20 heavy (non-hydrogen) atoms. The van der Waals surface area contributed by atoms with E-state index in [1.807, 2.05) is 32.9 Å². The summed E-state index contributed by atoms with van der Waals surface area (Å²) in [6.45, 7) is 7.69. The predicted molar refractivity (Wildman–Crippen MR) is 82.5 cm³/mol. The second-order valence-corrected chi connectivity index (χ2v) is 6.19. The molecule has 0 bridgehead atoms. The largest absolute Gasteiger partial charge is 0.389 e. The van der Waals surface area contributed by atoms with E-state index >= 15 is 0 Å². The normalized spacial score (nSPS) is 12.5. The van der Waals surface area contributed by atoms with Crippen LogP contribution in [0.5, 0.6) is 0 Å². The zero-order chi connectivity index (χ0) is 14.9. The molecule has 1 N–H and O–H groups in total. The van der Waals surface area contributed by atoms with Gasteiger partial charge in [-0.25, -0.2) is 9.97 Å². The fourth-order valence-electron chi connectivity index (χ4n) is 1.75. The molecule has 0 saturated carbocycles. The molecule has 0 spiro atoms. The summed E-state index contributed by atoms with van der Waals surface area (Å²) < 4.78 is 0. The van der Waals surface area contributed by atoms with Gasteiger partial charge in [0.15, 0.2) is 5.16 Å². The van der Waals surface area contributed by atoms with Gasteiger partial charge in [0.1, 0.15) is 0 Å². The topological polar surface area (TPSA) is 46.0 Å². The molecule has 1 atom stereocenters. The molecule has 0 saturated heterocycles. The number of hydrogen-bond acceptors (Lipinski definition) is 4. The van der Waals surface area contributed by atoms with Crippen molar-refractivity contribution < 1.29 is 5.11 Å². The van der Waals surface area contributed by atoms with Crippen molar-refractivity contribution in [3.8, 4) is 0 Å². The number of halogens is 1. The molecule has 0 amide bonds. The van der Waals surface area contributed by atoms with Gasteiger partial charge >= 0.3 is 0 Å². The first-order valence-electron chi connectivity index (χ1n) is 6.35. The molecular weight excluding hydrogens is 292 g/mol. The Hall–Kier alpha value is -1.10. The molecule has 0 aliphatic heterocycles.